The lowest BCUT2D eigenvalue weighted by Crippen LogP contribution is -2.37. The molecule has 0 aliphatic heterocycles. The molecule has 5 rings (SSSR count). The summed E-state index contributed by atoms with van der Waals surface area (Å²) in [5.41, 5.74) is 5.58. The predicted octanol–water partition coefficient (Wildman–Crippen LogP) is 6.40. The Labute approximate surface area is 229 Å². The van der Waals surface area contributed by atoms with E-state index in [1.807, 2.05) is 48.7 Å². The molecule has 0 radical (unpaired) electrons. The molecule has 3 heterocycles. The van der Waals surface area contributed by atoms with Crippen molar-refractivity contribution in [3.8, 4) is 33.9 Å². The van der Waals surface area contributed by atoms with Crippen LogP contribution in [0.15, 0.2) is 99.7 Å². The Balaban J connectivity index is 0.000000426. The highest BCUT2D eigenvalue weighted by Crippen LogP contribution is 2.36. The van der Waals surface area contributed by atoms with Gasteiger partial charge in [0.1, 0.15) is 5.97 Å². The lowest BCUT2D eigenvalue weighted by molar-refractivity contribution is -0.695. The van der Waals surface area contributed by atoms with E-state index in [-0.39, 0.29) is 0 Å². The fourth-order valence-corrected chi connectivity index (χ4v) is 5.24. The number of hydrogen-bond donors (Lipinski definition) is 1. The number of carbonyl (C=O) groups excluding carboxylic acids is 1. The lowest BCUT2D eigenvalue weighted by atomic mass is 10.1. The lowest BCUT2D eigenvalue weighted by Gasteiger charge is -2.03. The van der Waals surface area contributed by atoms with E-state index in [0.29, 0.717) is 0 Å². The van der Waals surface area contributed by atoms with Gasteiger partial charge in [0, 0.05) is 21.7 Å². The zero-order valence-electron chi connectivity index (χ0n) is 19.7. The van der Waals surface area contributed by atoms with Gasteiger partial charge >= 0.3 is 12.0 Å². The number of nitrogens with one attached hydrogen (secondary N) is 1. The van der Waals surface area contributed by atoms with E-state index >= 15 is 0 Å². The molecule has 1 N–H and O–H groups in total. The highest BCUT2D eigenvalue weighted by molar-refractivity contribution is 7.99. The van der Waals surface area contributed by atoms with E-state index < -0.39 is 12.1 Å². The van der Waals surface area contributed by atoms with Crippen LogP contribution < -0.4 is 9.67 Å². The van der Waals surface area contributed by atoms with Crippen molar-refractivity contribution in [3.63, 3.8) is 0 Å². The number of aliphatic carboxylic acids is 1. The second kappa shape index (κ2) is 11.8. The number of carboxylic acid groups (broad SMARTS) is 1. The van der Waals surface area contributed by atoms with Gasteiger partial charge in [0.15, 0.2) is 11.4 Å². The van der Waals surface area contributed by atoms with Crippen molar-refractivity contribution in [2.45, 2.75) is 16.1 Å². The van der Waals surface area contributed by atoms with Crippen molar-refractivity contribution < 1.29 is 27.6 Å². The van der Waals surface area contributed by atoms with E-state index in [1.165, 1.54) is 11.1 Å². The summed E-state index contributed by atoms with van der Waals surface area (Å²) in [5.74, 6) is -2.04. The molecule has 0 aliphatic carbocycles. The predicted molar refractivity (Wildman–Crippen MR) is 141 cm³/mol. The van der Waals surface area contributed by atoms with Crippen LogP contribution in [-0.2, 0) is 11.8 Å². The molecule has 0 saturated carbocycles. The van der Waals surface area contributed by atoms with Crippen LogP contribution in [0.25, 0.3) is 33.9 Å². The van der Waals surface area contributed by atoms with Crippen molar-refractivity contribution in [1.29, 1.82) is 0 Å². The van der Waals surface area contributed by atoms with Crippen LogP contribution in [0.5, 0.6) is 0 Å². The van der Waals surface area contributed by atoms with Crippen molar-refractivity contribution in [2.24, 2.45) is 7.05 Å². The highest BCUT2D eigenvalue weighted by atomic mass is 35.5. The summed E-state index contributed by atoms with van der Waals surface area (Å²) in [6.07, 6.45) is -3.38. The molecule has 3 aromatic heterocycles. The monoisotopic (exact) mass is 573 g/mol. The van der Waals surface area contributed by atoms with Crippen LogP contribution in [-0.4, -0.2) is 22.1 Å². The fourth-order valence-electron chi connectivity index (χ4n) is 3.45. The van der Waals surface area contributed by atoms with Gasteiger partial charge in [-0.15, -0.1) is 0 Å². The fraction of sp³-hybridized carbons (Fsp3) is 0.0741. The molecular weight excluding hydrogens is 555 g/mol. The Morgan fingerprint density at radius 2 is 1.66 bits per heavy atom. The van der Waals surface area contributed by atoms with Crippen LogP contribution >= 0.6 is 34.7 Å². The zero-order chi connectivity index (χ0) is 27.3. The molecule has 38 heavy (non-hydrogen) atoms. The Morgan fingerprint density at radius 3 is 2.21 bits per heavy atom. The molecule has 2 aromatic carbocycles. The maximum atomic E-state index is 10.5. The van der Waals surface area contributed by atoms with Crippen LogP contribution in [0.3, 0.4) is 0 Å². The van der Waals surface area contributed by atoms with Gasteiger partial charge in [-0.1, -0.05) is 29.8 Å². The maximum Gasteiger partial charge on any atom is 0.430 e. The summed E-state index contributed by atoms with van der Waals surface area (Å²) in [5, 5.41) is 14.9. The van der Waals surface area contributed by atoms with E-state index in [0.717, 1.165) is 37.7 Å². The van der Waals surface area contributed by atoms with Crippen molar-refractivity contribution >= 4 is 40.7 Å². The number of carbonyl (C=O) groups is 1. The van der Waals surface area contributed by atoms with E-state index in [9.17, 15) is 13.2 Å². The van der Waals surface area contributed by atoms with Crippen LogP contribution in [0.1, 0.15) is 0 Å². The van der Waals surface area contributed by atoms with Gasteiger partial charge < -0.3 is 9.90 Å². The second-order valence-corrected chi connectivity index (χ2v) is 10.1. The number of aromatic amines is 1. The summed E-state index contributed by atoms with van der Waals surface area (Å²) in [7, 11) is 2.07. The molecule has 0 aliphatic rings. The summed E-state index contributed by atoms with van der Waals surface area (Å²) >= 11 is 9.51. The quantitative estimate of drug-likeness (QED) is 0.247. The second-order valence-electron chi connectivity index (χ2n) is 7.86. The zero-order valence-corrected chi connectivity index (χ0v) is 22.1. The SMILES string of the molecule is C[n+]1c(-c2ccccn2)[nH]c(-c2ccc(-c3ccsc3)cc2)c1Sc1ccc(Cl)cc1.O=C([O-])C(F)(F)F. The minimum Gasteiger partial charge on any atom is -0.542 e. The standard InChI is InChI=1S/C25H18ClN3S2.C2HF3O2/c1-29-24(22-4-2-3-14-27-22)28-23(25(29)31-21-11-9-20(26)10-12-21)18-7-5-17(6-8-18)19-13-15-30-16-19;3-2(4,5)1(6)7/h2-16H,1H3;(H,6,7). The van der Waals surface area contributed by atoms with Gasteiger partial charge in [0.05, 0.1) is 7.05 Å². The minimum atomic E-state index is -5.19. The third-order valence-electron chi connectivity index (χ3n) is 5.29. The number of halogens is 4. The number of alkyl halides is 3. The summed E-state index contributed by atoms with van der Waals surface area (Å²) in [6, 6.07) is 24.7. The Hall–Kier alpha value is -3.60. The van der Waals surface area contributed by atoms with Crippen molar-refractivity contribution in [1.82, 2.24) is 9.97 Å². The Morgan fingerprint density at radius 1 is 1.00 bits per heavy atom. The highest BCUT2D eigenvalue weighted by Gasteiger charge is 2.29. The third kappa shape index (κ3) is 6.63. The number of benzene rings is 2. The van der Waals surface area contributed by atoms with Gasteiger partial charge in [0.2, 0.25) is 5.03 Å². The number of carboxylic acids is 1. The van der Waals surface area contributed by atoms with Gasteiger partial charge in [-0.2, -0.15) is 24.5 Å². The Kier molecular flexibility index (Phi) is 8.55. The Bertz CT molecular complexity index is 1500. The largest absolute Gasteiger partial charge is 0.542 e. The number of rotatable bonds is 5. The van der Waals surface area contributed by atoms with E-state index in [1.54, 1.807) is 23.1 Å². The summed E-state index contributed by atoms with van der Waals surface area (Å²) in [6.45, 7) is 0. The molecule has 11 heteroatoms. The molecule has 0 spiro atoms. The molecule has 0 amide bonds. The topological polar surface area (TPSA) is 72.7 Å². The third-order valence-corrected chi connectivity index (χ3v) is 7.41. The number of imidazole rings is 1. The molecule has 5 nitrogen and oxygen atoms in total. The number of nitrogens with zero attached hydrogens (tertiary/aromatic N) is 2. The first-order valence-electron chi connectivity index (χ1n) is 11.0. The van der Waals surface area contributed by atoms with Crippen LogP contribution in [0.4, 0.5) is 13.2 Å². The van der Waals surface area contributed by atoms with Gasteiger partial charge in [-0.25, -0.2) is 14.5 Å². The first-order valence-corrected chi connectivity index (χ1v) is 13.1. The van der Waals surface area contributed by atoms with Crippen LogP contribution in [0, 0.1) is 0 Å². The first kappa shape index (κ1) is 27.4. The smallest absolute Gasteiger partial charge is 0.430 e. The molecule has 0 bridgehead atoms. The summed E-state index contributed by atoms with van der Waals surface area (Å²) < 4.78 is 33.7. The average molecular weight is 574 g/mol. The first-order chi connectivity index (χ1) is 18.1. The van der Waals surface area contributed by atoms with Gasteiger partial charge in [-0.05, 0) is 88.2 Å². The van der Waals surface area contributed by atoms with E-state index in [4.69, 9.17) is 21.5 Å². The number of aromatic nitrogens is 3. The molecular formula is C27H19ClF3N3O2S2. The number of hydrogen-bond acceptors (Lipinski definition) is 5. The molecule has 5 aromatic rings. The van der Waals surface area contributed by atoms with Gasteiger partial charge in [-0.3, -0.25) is 0 Å². The normalized spacial score (nSPS) is 11.1. The number of pyridine rings is 1. The molecule has 0 unspecified atom stereocenters. The minimum absolute atomic E-state index is 0.737. The van der Waals surface area contributed by atoms with Crippen molar-refractivity contribution in [3.05, 3.63) is 94.8 Å². The molecule has 0 atom stereocenters. The maximum absolute atomic E-state index is 10.5. The van der Waals surface area contributed by atoms with E-state index in [2.05, 4.69) is 62.7 Å². The summed E-state index contributed by atoms with van der Waals surface area (Å²) in [4.78, 5) is 18.1. The van der Waals surface area contributed by atoms with Gasteiger partial charge in [0.25, 0.3) is 0 Å². The number of thiophene rings is 1. The molecule has 194 valence electrons. The number of H-pyrrole nitrogens is 1. The molecule has 0 fully saturated rings. The van der Waals surface area contributed by atoms with Crippen LogP contribution in [0.2, 0.25) is 5.02 Å². The molecule has 0 saturated heterocycles. The van der Waals surface area contributed by atoms with Crippen molar-refractivity contribution in [2.75, 3.05) is 0 Å². The average Bonchev–Trinajstić information content (AvgIpc) is 3.55.